The summed E-state index contributed by atoms with van der Waals surface area (Å²) in [6, 6.07) is 8.24. The summed E-state index contributed by atoms with van der Waals surface area (Å²) in [5.74, 6) is 0.999. The van der Waals surface area contributed by atoms with E-state index in [1.165, 1.54) is 0 Å². The summed E-state index contributed by atoms with van der Waals surface area (Å²) in [6.45, 7) is 4.77. The highest BCUT2D eigenvalue weighted by Gasteiger charge is 2.04. The van der Waals surface area contributed by atoms with Gasteiger partial charge in [-0.1, -0.05) is 23.7 Å². The van der Waals surface area contributed by atoms with Crippen LogP contribution in [0.3, 0.4) is 0 Å². The van der Waals surface area contributed by atoms with Crippen molar-refractivity contribution in [3.63, 3.8) is 0 Å². The molecule has 114 valence electrons. The van der Waals surface area contributed by atoms with E-state index in [0.29, 0.717) is 0 Å². The number of rotatable bonds is 3. The molecule has 0 unspecified atom stereocenters. The summed E-state index contributed by atoms with van der Waals surface area (Å²) in [6.07, 6.45) is 7.54. The number of halogens is 2. The van der Waals surface area contributed by atoms with Crippen molar-refractivity contribution in [1.29, 1.82) is 0 Å². The number of pyridine rings is 1. The molecule has 0 N–H and O–H groups in total. The molecule has 0 amide bonds. The minimum absolute atomic E-state index is 0. The van der Waals surface area contributed by atoms with E-state index in [1.807, 2.05) is 50.8 Å². The number of imidazole rings is 1. The van der Waals surface area contributed by atoms with Gasteiger partial charge in [0.2, 0.25) is 0 Å². The van der Waals surface area contributed by atoms with Gasteiger partial charge in [0.25, 0.3) is 0 Å². The summed E-state index contributed by atoms with van der Waals surface area (Å²) >= 11 is 6.21. The minimum Gasteiger partial charge on any atom is -0.331 e. The second-order valence-electron chi connectivity index (χ2n) is 5.15. The first-order valence-corrected chi connectivity index (χ1v) is 7.19. The molecule has 22 heavy (non-hydrogen) atoms. The molecule has 0 aliphatic carbocycles. The van der Waals surface area contributed by atoms with Crippen LogP contribution in [0.25, 0.3) is 11.1 Å². The van der Waals surface area contributed by atoms with Gasteiger partial charge in [0.15, 0.2) is 0 Å². The SMILES string of the molecule is Cc1ccc(-c2cncc(Cn3ccnc3C)c2)cc1Cl.Cl. The topological polar surface area (TPSA) is 30.7 Å². The second kappa shape index (κ2) is 6.95. The van der Waals surface area contributed by atoms with Gasteiger partial charge >= 0.3 is 0 Å². The lowest BCUT2D eigenvalue weighted by atomic mass is 10.0. The molecule has 0 spiro atoms. The van der Waals surface area contributed by atoms with E-state index in [-0.39, 0.29) is 12.4 Å². The first-order valence-electron chi connectivity index (χ1n) is 6.81. The fraction of sp³-hybridized carbons (Fsp3) is 0.176. The Morgan fingerprint density at radius 2 is 1.91 bits per heavy atom. The van der Waals surface area contributed by atoms with Gasteiger partial charge in [0.1, 0.15) is 5.82 Å². The molecule has 2 aromatic heterocycles. The average Bonchev–Trinajstić information content (AvgIpc) is 2.88. The third-order valence-corrected chi connectivity index (χ3v) is 3.98. The molecule has 0 bridgehead atoms. The Hall–Kier alpha value is -1.84. The van der Waals surface area contributed by atoms with Crippen LogP contribution in [0.4, 0.5) is 0 Å². The lowest BCUT2D eigenvalue weighted by Gasteiger charge is -2.08. The number of hydrogen-bond donors (Lipinski definition) is 0. The van der Waals surface area contributed by atoms with Crippen LogP contribution in [-0.4, -0.2) is 14.5 Å². The van der Waals surface area contributed by atoms with E-state index >= 15 is 0 Å². The van der Waals surface area contributed by atoms with Gasteiger partial charge in [0, 0.05) is 35.4 Å². The lowest BCUT2D eigenvalue weighted by Crippen LogP contribution is -2.01. The van der Waals surface area contributed by atoms with Crippen LogP contribution in [0.15, 0.2) is 49.1 Å². The van der Waals surface area contributed by atoms with E-state index in [2.05, 4.69) is 26.7 Å². The van der Waals surface area contributed by atoms with Gasteiger partial charge in [-0.3, -0.25) is 4.98 Å². The Bertz CT molecular complexity index is 781. The van der Waals surface area contributed by atoms with Crippen LogP contribution >= 0.6 is 24.0 Å². The van der Waals surface area contributed by atoms with Crippen molar-refractivity contribution in [2.75, 3.05) is 0 Å². The van der Waals surface area contributed by atoms with Crippen molar-refractivity contribution in [2.45, 2.75) is 20.4 Å². The van der Waals surface area contributed by atoms with Gasteiger partial charge in [0.05, 0.1) is 6.54 Å². The zero-order chi connectivity index (χ0) is 14.8. The standard InChI is InChI=1S/C17H16ClN3.ClH/c1-12-3-4-15(8-17(12)18)16-7-14(9-19-10-16)11-21-6-5-20-13(21)2;/h3-10H,11H2,1-2H3;1H. The quantitative estimate of drug-likeness (QED) is 0.696. The van der Waals surface area contributed by atoms with E-state index in [0.717, 1.165) is 39.6 Å². The first-order chi connectivity index (χ1) is 10.1. The van der Waals surface area contributed by atoms with Crippen molar-refractivity contribution < 1.29 is 0 Å². The van der Waals surface area contributed by atoms with Gasteiger partial charge in [-0.2, -0.15) is 0 Å². The molecule has 2 heterocycles. The average molecular weight is 334 g/mol. The maximum Gasteiger partial charge on any atom is 0.105 e. The molecule has 0 saturated heterocycles. The van der Waals surface area contributed by atoms with Gasteiger partial charge in [-0.15, -0.1) is 12.4 Å². The highest BCUT2D eigenvalue weighted by atomic mass is 35.5. The molecule has 0 fully saturated rings. The molecule has 3 aromatic rings. The van der Waals surface area contributed by atoms with E-state index < -0.39 is 0 Å². The molecular weight excluding hydrogens is 317 g/mol. The van der Waals surface area contributed by atoms with Crippen molar-refractivity contribution in [3.05, 3.63) is 71.0 Å². The largest absolute Gasteiger partial charge is 0.331 e. The molecule has 5 heteroatoms. The smallest absolute Gasteiger partial charge is 0.105 e. The molecule has 1 aromatic carbocycles. The van der Waals surface area contributed by atoms with Crippen LogP contribution in [0.1, 0.15) is 17.0 Å². The maximum atomic E-state index is 6.21. The van der Waals surface area contributed by atoms with Crippen molar-refractivity contribution in [2.24, 2.45) is 0 Å². The van der Waals surface area contributed by atoms with Crippen LogP contribution in [0.5, 0.6) is 0 Å². The number of aromatic nitrogens is 3. The number of nitrogens with zero attached hydrogens (tertiary/aromatic N) is 3. The van der Waals surface area contributed by atoms with Crippen molar-refractivity contribution in [1.82, 2.24) is 14.5 Å². The predicted molar refractivity (Wildman–Crippen MR) is 92.7 cm³/mol. The summed E-state index contributed by atoms with van der Waals surface area (Å²) in [5.41, 5.74) is 4.39. The van der Waals surface area contributed by atoms with Crippen LogP contribution in [-0.2, 0) is 6.54 Å². The Morgan fingerprint density at radius 1 is 1.09 bits per heavy atom. The van der Waals surface area contributed by atoms with Gasteiger partial charge < -0.3 is 4.57 Å². The minimum atomic E-state index is 0. The second-order valence-corrected chi connectivity index (χ2v) is 5.56. The summed E-state index contributed by atoms with van der Waals surface area (Å²) in [7, 11) is 0. The lowest BCUT2D eigenvalue weighted by molar-refractivity contribution is 0.759. The van der Waals surface area contributed by atoms with Crippen LogP contribution in [0.2, 0.25) is 5.02 Å². The third kappa shape index (κ3) is 3.49. The van der Waals surface area contributed by atoms with Crippen molar-refractivity contribution in [3.8, 4) is 11.1 Å². The Balaban J connectivity index is 0.00000176. The Labute approximate surface area is 141 Å². The van der Waals surface area contributed by atoms with Crippen molar-refractivity contribution >= 4 is 24.0 Å². The molecule has 0 saturated carbocycles. The molecule has 0 radical (unpaired) electrons. The van der Waals surface area contributed by atoms with Crippen LogP contribution < -0.4 is 0 Å². The molecular formula is C17H17Cl2N3. The summed E-state index contributed by atoms with van der Waals surface area (Å²) in [4.78, 5) is 8.59. The van der Waals surface area contributed by atoms with Crippen LogP contribution in [0, 0.1) is 13.8 Å². The summed E-state index contributed by atoms with van der Waals surface area (Å²) in [5, 5.41) is 0.781. The fourth-order valence-electron chi connectivity index (χ4n) is 2.27. The molecule has 0 aliphatic rings. The highest BCUT2D eigenvalue weighted by Crippen LogP contribution is 2.25. The number of hydrogen-bond acceptors (Lipinski definition) is 2. The maximum absolute atomic E-state index is 6.21. The Morgan fingerprint density at radius 3 is 2.59 bits per heavy atom. The fourth-order valence-corrected chi connectivity index (χ4v) is 2.45. The highest BCUT2D eigenvalue weighted by molar-refractivity contribution is 6.31. The summed E-state index contributed by atoms with van der Waals surface area (Å²) < 4.78 is 2.10. The molecule has 0 aliphatic heterocycles. The molecule has 3 rings (SSSR count). The van der Waals surface area contributed by atoms with E-state index in [4.69, 9.17) is 11.6 Å². The first kappa shape index (κ1) is 16.5. The van der Waals surface area contributed by atoms with E-state index in [9.17, 15) is 0 Å². The van der Waals surface area contributed by atoms with Gasteiger partial charge in [-0.25, -0.2) is 4.98 Å². The third-order valence-electron chi connectivity index (χ3n) is 3.58. The predicted octanol–water partition coefficient (Wildman–Crippen LogP) is 4.69. The molecule has 0 atom stereocenters. The number of benzene rings is 1. The Kier molecular flexibility index (Phi) is 5.22. The monoisotopic (exact) mass is 333 g/mol. The van der Waals surface area contributed by atoms with E-state index in [1.54, 1.807) is 0 Å². The normalized spacial score (nSPS) is 10.3. The number of aryl methyl sites for hydroxylation is 2. The molecule has 3 nitrogen and oxygen atoms in total. The van der Waals surface area contributed by atoms with Gasteiger partial charge in [-0.05, 0) is 42.7 Å². The zero-order valence-corrected chi connectivity index (χ0v) is 14.0. The zero-order valence-electron chi connectivity index (χ0n) is 12.5.